The van der Waals surface area contributed by atoms with Crippen LogP contribution in [0.15, 0.2) is 24.4 Å². The van der Waals surface area contributed by atoms with Gasteiger partial charge >= 0.3 is 0 Å². The molecule has 0 bridgehead atoms. The molecule has 3 aromatic rings. The Morgan fingerprint density at radius 3 is 2.80 bits per heavy atom. The lowest BCUT2D eigenvalue weighted by Gasteiger charge is -2.36. The Balaban J connectivity index is 1.70. The average molecular weight is 361 g/mol. The van der Waals surface area contributed by atoms with E-state index >= 15 is 0 Å². The molecule has 25 heavy (non-hydrogen) atoms. The third-order valence-electron chi connectivity index (χ3n) is 4.69. The standard InChI is InChI=1S/C17H20FN5OS/c1-17(19)5-7-22(8-6-17)16-21-23-13(10-20-15(23)25-16)12-4-3-11(18)9-14(12)24-2/h3-4,9-10H,5-8,19H2,1-2H3. The van der Waals surface area contributed by atoms with Gasteiger partial charge in [0.2, 0.25) is 10.1 Å². The molecule has 132 valence electrons. The lowest BCUT2D eigenvalue weighted by Crippen LogP contribution is -2.48. The van der Waals surface area contributed by atoms with Crippen molar-refractivity contribution in [3.8, 4) is 17.0 Å². The molecule has 8 heteroatoms. The normalized spacial score (nSPS) is 17.2. The molecule has 2 aromatic heterocycles. The summed E-state index contributed by atoms with van der Waals surface area (Å²) in [6, 6.07) is 4.48. The fraction of sp³-hybridized carbons (Fsp3) is 0.412. The number of imidazole rings is 1. The second-order valence-corrected chi connectivity index (χ2v) is 7.64. The minimum atomic E-state index is -0.335. The van der Waals surface area contributed by atoms with Crippen molar-refractivity contribution in [2.24, 2.45) is 5.73 Å². The number of aromatic nitrogens is 3. The highest BCUT2D eigenvalue weighted by atomic mass is 32.1. The first-order valence-electron chi connectivity index (χ1n) is 8.19. The number of fused-ring (bicyclic) bond motifs is 1. The van der Waals surface area contributed by atoms with Gasteiger partial charge in [0.15, 0.2) is 0 Å². The molecule has 1 aromatic carbocycles. The number of rotatable bonds is 3. The Labute approximate surface area is 149 Å². The summed E-state index contributed by atoms with van der Waals surface area (Å²) in [5.41, 5.74) is 7.67. The Morgan fingerprint density at radius 2 is 2.08 bits per heavy atom. The number of piperidine rings is 1. The van der Waals surface area contributed by atoms with Gasteiger partial charge in [-0.3, -0.25) is 0 Å². The number of nitrogens with two attached hydrogens (primary N) is 1. The molecule has 6 nitrogen and oxygen atoms in total. The van der Waals surface area contributed by atoms with Crippen LogP contribution in [0.2, 0.25) is 0 Å². The van der Waals surface area contributed by atoms with Crippen LogP contribution in [-0.2, 0) is 0 Å². The lowest BCUT2D eigenvalue weighted by atomic mass is 9.91. The van der Waals surface area contributed by atoms with Crippen LogP contribution in [0.4, 0.5) is 9.52 Å². The van der Waals surface area contributed by atoms with Crippen molar-refractivity contribution in [2.45, 2.75) is 25.3 Å². The van der Waals surface area contributed by atoms with Crippen LogP contribution in [0.25, 0.3) is 16.2 Å². The molecular formula is C17H20FN5OS. The summed E-state index contributed by atoms with van der Waals surface area (Å²) in [6.07, 6.45) is 3.62. The van der Waals surface area contributed by atoms with E-state index in [0.717, 1.165) is 47.3 Å². The number of benzene rings is 1. The summed E-state index contributed by atoms with van der Waals surface area (Å²) in [7, 11) is 1.53. The van der Waals surface area contributed by atoms with Crippen LogP contribution in [0.3, 0.4) is 0 Å². The molecule has 1 saturated heterocycles. The smallest absolute Gasteiger partial charge is 0.214 e. The molecule has 0 spiro atoms. The first-order chi connectivity index (χ1) is 12.0. The summed E-state index contributed by atoms with van der Waals surface area (Å²) in [5, 5.41) is 5.66. The van der Waals surface area contributed by atoms with Gasteiger partial charge in [-0.25, -0.2) is 13.9 Å². The first kappa shape index (κ1) is 16.3. The molecule has 1 aliphatic rings. The number of methoxy groups -OCH3 is 1. The first-order valence-corrected chi connectivity index (χ1v) is 9.01. The summed E-state index contributed by atoms with van der Waals surface area (Å²) in [5.74, 6) is 0.131. The van der Waals surface area contributed by atoms with Gasteiger partial charge in [-0.15, -0.1) is 5.10 Å². The van der Waals surface area contributed by atoms with E-state index in [1.54, 1.807) is 28.1 Å². The molecule has 0 radical (unpaired) electrons. The molecule has 1 fully saturated rings. The van der Waals surface area contributed by atoms with Crippen LogP contribution in [0, 0.1) is 5.82 Å². The van der Waals surface area contributed by atoms with Gasteiger partial charge in [-0.2, -0.15) is 0 Å². The molecule has 0 amide bonds. The molecular weight excluding hydrogens is 341 g/mol. The Hall–Kier alpha value is -2.19. The van der Waals surface area contributed by atoms with Crippen molar-refractivity contribution < 1.29 is 9.13 Å². The number of anilines is 1. The van der Waals surface area contributed by atoms with Crippen LogP contribution in [0.5, 0.6) is 5.75 Å². The van der Waals surface area contributed by atoms with E-state index in [9.17, 15) is 4.39 Å². The highest BCUT2D eigenvalue weighted by Gasteiger charge is 2.28. The minimum absolute atomic E-state index is 0.0967. The topological polar surface area (TPSA) is 68.7 Å². The van der Waals surface area contributed by atoms with Crippen molar-refractivity contribution in [1.29, 1.82) is 0 Å². The predicted octanol–water partition coefficient (Wildman–Crippen LogP) is 2.92. The number of nitrogens with zero attached hydrogens (tertiary/aromatic N) is 4. The number of halogens is 1. The summed E-state index contributed by atoms with van der Waals surface area (Å²) < 4.78 is 20.6. The quantitative estimate of drug-likeness (QED) is 0.777. The number of hydrogen-bond acceptors (Lipinski definition) is 6. The molecule has 3 heterocycles. The second kappa shape index (κ2) is 5.96. The fourth-order valence-corrected chi connectivity index (χ4v) is 4.01. The third-order valence-corrected chi connectivity index (χ3v) is 5.67. The Kier molecular flexibility index (Phi) is 3.88. The monoisotopic (exact) mass is 361 g/mol. The van der Waals surface area contributed by atoms with Crippen LogP contribution >= 0.6 is 11.3 Å². The van der Waals surface area contributed by atoms with E-state index in [0.29, 0.717) is 5.75 Å². The molecule has 0 aliphatic carbocycles. The van der Waals surface area contributed by atoms with Crippen molar-refractivity contribution >= 4 is 21.4 Å². The van der Waals surface area contributed by atoms with Gasteiger partial charge in [-0.05, 0) is 31.9 Å². The van der Waals surface area contributed by atoms with Gasteiger partial charge in [-0.1, -0.05) is 11.3 Å². The van der Waals surface area contributed by atoms with Gasteiger partial charge in [0, 0.05) is 30.3 Å². The zero-order valence-electron chi connectivity index (χ0n) is 14.2. The van der Waals surface area contributed by atoms with E-state index in [1.165, 1.54) is 19.2 Å². The zero-order valence-corrected chi connectivity index (χ0v) is 15.0. The van der Waals surface area contributed by atoms with E-state index in [-0.39, 0.29) is 11.4 Å². The molecule has 4 rings (SSSR count). The van der Waals surface area contributed by atoms with Gasteiger partial charge < -0.3 is 15.4 Å². The van der Waals surface area contributed by atoms with E-state index < -0.39 is 0 Å². The van der Waals surface area contributed by atoms with Gasteiger partial charge in [0.25, 0.3) is 0 Å². The van der Waals surface area contributed by atoms with Gasteiger partial charge in [0.1, 0.15) is 11.6 Å². The van der Waals surface area contributed by atoms with Crippen LogP contribution in [-0.4, -0.2) is 40.3 Å². The third kappa shape index (κ3) is 2.96. The molecule has 0 atom stereocenters. The molecule has 0 unspecified atom stereocenters. The average Bonchev–Trinajstić information content (AvgIpc) is 3.15. The van der Waals surface area contributed by atoms with Crippen molar-refractivity contribution in [3.63, 3.8) is 0 Å². The number of ether oxygens (including phenoxy) is 1. The van der Waals surface area contributed by atoms with E-state index in [1.807, 2.05) is 0 Å². The largest absolute Gasteiger partial charge is 0.496 e. The van der Waals surface area contributed by atoms with Gasteiger partial charge in [0.05, 0.1) is 19.0 Å². The van der Waals surface area contributed by atoms with Crippen LogP contribution in [0.1, 0.15) is 19.8 Å². The highest BCUT2D eigenvalue weighted by molar-refractivity contribution is 7.20. The maximum Gasteiger partial charge on any atom is 0.214 e. The summed E-state index contributed by atoms with van der Waals surface area (Å²) in [6.45, 7) is 3.87. The number of hydrogen-bond donors (Lipinski definition) is 1. The fourth-order valence-electron chi connectivity index (χ4n) is 3.08. The Bertz CT molecular complexity index is 909. The molecule has 0 saturated carbocycles. The minimum Gasteiger partial charge on any atom is -0.496 e. The van der Waals surface area contributed by atoms with Crippen molar-refractivity contribution in [3.05, 3.63) is 30.2 Å². The zero-order chi connectivity index (χ0) is 17.6. The summed E-state index contributed by atoms with van der Waals surface area (Å²) >= 11 is 1.55. The van der Waals surface area contributed by atoms with E-state index in [4.69, 9.17) is 15.6 Å². The van der Waals surface area contributed by atoms with E-state index in [2.05, 4.69) is 16.8 Å². The second-order valence-electron chi connectivity index (χ2n) is 6.71. The molecule has 1 aliphatic heterocycles. The SMILES string of the molecule is COc1cc(F)ccc1-c1cnc2sc(N3CCC(C)(N)CC3)nn12. The Morgan fingerprint density at radius 1 is 1.32 bits per heavy atom. The maximum atomic E-state index is 13.5. The van der Waals surface area contributed by atoms with Crippen LogP contribution < -0.4 is 15.4 Å². The highest BCUT2D eigenvalue weighted by Crippen LogP contribution is 2.34. The predicted molar refractivity (Wildman–Crippen MR) is 96.8 cm³/mol. The lowest BCUT2D eigenvalue weighted by molar-refractivity contribution is 0.363. The summed E-state index contributed by atoms with van der Waals surface area (Å²) in [4.78, 5) is 7.51. The molecule has 2 N–H and O–H groups in total. The van der Waals surface area contributed by atoms with Crippen molar-refractivity contribution in [1.82, 2.24) is 14.6 Å². The van der Waals surface area contributed by atoms with Crippen molar-refractivity contribution in [2.75, 3.05) is 25.1 Å². The maximum absolute atomic E-state index is 13.5.